The van der Waals surface area contributed by atoms with Crippen LogP contribution in [0.1, 0.15) is 21.5 Å². The Balaban J connectivity index is 1.94. The predicted octanol–water partition coefficient (Wildman–Crippen LogP) is 0.274. The van der Waals surface area contributed by atoms with Crippen LogP contribution in [0.15, 0.2) is 12.1 Å². The third kappa shape index (κ3) is 4.77. The van der Waals surface area contributed by atoms with Crippen molar-refractivity contribution < 1.29 is 13.2 Å². The minimum absolute atomic E-state index is 0.0660. The van der Waals surface area contributed by atoms with Gasteiger partial charge in [-0.25, -0.2) is 13.1 Å². The van der Waals surface area contributed by atoms with E-state index in [0.29, 0.717) is 13.0 Å². The van der Waals surface area contributed by atoms with E-state index in [1.807, 2.05) is 24.0 Å². The number of carbonyl (C=O) groups excluding carboxylic acids is 1. The van der Waals surface area contributed by atoms with Crippen LogP contribution < -0.4 is 10.0 Å². The van der Waals surface area contributed by atoms with Crippen LogP contribution in [-0.2, 0) is 16.4 Å². The molecule has 0 aliphatic carbocycles. The number of sulfonamides is 1. The first kappa shape index (κ1) is 16.4. The topological polar surface area (TPSA) is 78.5 Å². The Bertz CT molecular complexity index is 598. The van der Waals surface area contributed by atoms with Crippen molar-refractivity contribution in [1.82, 2.24) is 14.9 Å². The highest BCUT2D eigenvalue weighted by atomic mass is 32.2. The fourth-order valence-corrected chi connectivity index (χ4v) is 3.71. The van der Waals surface area contributed by atoms with E-state index in [9.17, 15) is 13.2 Å². The summed E-state index contributed by atoms with van der Waals surface area (Å²) >= 11 is 1.44. The van der Waals surface area contributed by atoms with Gasteiger partial charge in [0.2, 0.25) is 10.0 Å². The van der Waals surface area contributed by atoms with Crippen molar-refractivity contribution in [2.45, 2.75) is 19.4 Å². The number of amides is 1. The van der Waals surface area contributed by atoms with Gasteiger partial charge in [0.15, 0.2) is 0 Å². The molecule has 2 heterocycles. The molecule has 1 aliphatic rings. The lowest BCUT2D eigenvalue weighted by Crippen LogP contribution is -2.52. The maximum atomic E-state index is 12.5. The Morgan fingerprint density at radius 2 is 2.29 bits per heavy atom. The van der Waals surface area contributed by atoms with Gasteiger partial charge in [-0.2, -0.15) is 0 Å². The Labute approximate surface area is 129 Å². The zero-order valence-electron chi connectivity index (χ0n) is 12.3. The summed E-state index contributed by atoms with van der Waals surface area (Å²) in [6.07, 6.45) is 1.74. The number of hydrogen-bond donors (Lipinski definition) is 2. The Hall–Kier alpha value is -0.960. The second-order valence-electron chi connectivity index (χ2n) is 5.23. The van der Waals surface area contributed by atoms with Crippen LogP contribution in [0.3, 0.4) is 0 Å². The third-order valence-corrected chi connectivity index (χ3v) is 5.23. The van der Waals surface area contributed by atoms with Gasteiger partial charge >= 0.3 is 0 Å². The van der Waals surface area contributed by atoms with E-state index in [2.05, 4.69) is 10.0 Å². The monoisotopic (exact) mass is 331 g/mol. The molecule has 2 N–H and O–H groups in total. The Morgan fingerprint density at radius 1 is 1.52 bits per heavy atom. The highest BCUT2D eigenvalue weighted by Crippen LogP contribution is 2.20. The summed E-state index contributed by atoms with van der Waals surface area (Å²) in [5.41, 5.74) is 0. The molecule has 0 bridgehead atoms. The maximum absolute atomic E-state index is 12.5. The molecule has 0 saturated carbocycles. The van der Waals surface area contributed by atoms with Crippen LogP contribution in [0.25, 0.3) is 0 Å². The second kappa shape index (κ2) is 6.87. The van der Waals surface area contributed by atoms with E-state index in [4.69, 9.17) is 0 Å². The SMILES string of the molecule is C[C@@H]1CNCCN1C(=O)c1ccc(CCNS(C)(=O)=O)s1. The zero-order valence-corrected chi connectivity index (χ0v) is 13.9. The lowest BCUT2D eigenvalue weighted by Gasteiger charge is -2.33. The molecule has 1 amide bonds. The number of nitrogens with zero attached hydrogens (tertiary/aromatic N) is 1. The van der Waals surface area contributed by atoms with E-state index in [-0.39, 0.29) is 11.9 Å². The molecule has 2 rings (SSSR count). The number of hydrogen-bond acceptors (Lipinski definition) is 5. The van der Waals surface area contributed by atoms with Gasteiger partial charge in [0.05, 0.1) is 11.1 Å². The van der Waals surface area contributed by atoms with Crippen LogP contribution in [0.4, 0.5) is 0 Å². The van der Waals surface area contributed by atoms with Gasteiger partial charge in [-0.15, -0.1) is 11.3 Å². The molecule has 1 saturated heterocycles. The van der Waals surface area contributed by atoms with Gasteiger partial charge in [0.1, 0.15) is 0 Å². The third-order valence-electron chi connectivity index (χ3n) is 3.37. The summed E-state index contributed by atoms with van der Waals surface area (Å²) < 4.78 is 24.5. The first-order chi connectivity index (χ1) is 9.87. The van der Waals surface area contributed by atoms with Gasteiger partial charge in [0, 0.05) is 37.1 Å². The second-order valence-corrected chi connectivity index (χ2v) is 8.24. The van der Waals surface area contributed by atoms with Crippen molar-refractivity contribution in [3.8, 4) is 0 Å². The molecule has 21 heavy (non-hydrogen) atoms. The number of nitrogens with one attached hydrogen (secondary N) is 2. The van der Waals surface area contributed by atoms with Crippen molar-refractivity contribution in [2.24, 2.45) is 0 Å². The van der Waals surface area contributed by atoms with Crippen LogP contribution in [-0.4, -0.2) is 57.7 Å². The van der Waals surface area contributed by atoms with E-state index in [0.717, 1.165) is 35.6 Å². The van der Waals surface area contributed by atoms with Crippen molar-refractivity contribution in [1.29, 1.82) is 0 Å². The molecule has 1 fully saturated rings. The maximum Gasteiger partial charge on any atom is 0.264 e. The quantitative estimate of drug-likeness (QED) is 0.812. The molecule has 0 radical (unpaired) electrons. The van der Waals surface area contributed by atoms with E-state index in [1.54, 1.807) is 0 Å². The molecular weight excluding hydrogens is 310 g/mol. The van der Waals surface area contributed by atoms with Gasteiger partial charge in [-0.1, -0.05) is 0 Å². The lowest BCUT2D eigenvalue weighted by atomic mass is 10.2. The molecule has 1 aromatic heterocycles. The summed E-state index contributed by atoms with van der Waals surface area (Å²) in [7, 11) is -3.16. The summed E-state index contributed by atoms with van der Waals surface area (Å²) in [5, 5.41) is 3.26. The molecule has 0 unspecified atom stereocenters. The van der Waals surface area contributed by atoms with E-state index in [1.165, 1.54) is 11.3 Å². The first-order valence-corrected chi connectivity index (χ1v) is 9.62. The van der Waals surface area contributed by atoms with Crippen LogP contribution in [0, 0.1) is 0 Å². The molecule has 1 aliphatic heterocycles. The van der Waals surface area contributed by atoms with Gasteiger partial charge in [0.25, 0.3) is 5.91 Å². The zero-order chi connectivity index (χ0) is 15.5. The fourth-order valence-electron chi connectivity index (χ4n) is 2.27. The molecular formula is C13H21N3O3S2. The van der Waals surface area contributed by atoms with Crippen LogP contribution in [0.2, 0.25) is 0 Å². The normalized spacial score (nSPS) is 19.7. The van der Waals surface area contributed by atoms with Crippen LogP contribution >= 0.6 is 11.3 Å². The minimum Gasteiger partial charge on any atom is -0.333 e. The van der Waals surface area contributed by atoms with Gasteiger partial charge in [-0.3, -0.25) is 4.79 Å². The number of carbonyl (C=O) groups is 1. The number of rotatable bonds is 5. The van der Waals surface area contributed by atoms with E-state index >= 15 is 0 Å². The standard InChI is InChI=1S/C13H21N3O3S2/c1-10-9-14-7-8-16(10)13(17)12-4-3-11(20-12)5-6-15-21(2,18)19/h3-4,10,14-15H,5-9H2,1-2H3/t10-/m1/s1. The Kier molecular flexibility index (Phi) is 5.37. The van der Waals surface area contributed by atoms with E-state index < -0.39 is 10.0 Å². The minimum atomic E-state index is -3.16. The molecule has 118 valence electrons. The Morgan fingerprint density at radius 3 is 2.95 bits per heavy atom. The molecule has 8 heteroatoms. The summed E-state index contributed by atoms with van der Waals surface area (Å²) in [6.45, 7) is 4.77. The number of piperazine rings is 1. The molecule has 1 aromatic rings. The first-order valence-electron chi connectivity index (χ1n) is 6.92. The molecule has 6 nitrogen and oxygen atoms in total. The smallest absolute Gasteiger partial charge is 0.264 e. The lowest BCUT2D eigenvalue weighted by molar-refractivity contribution is 0.0661. The predicted molar refractivity (Wildman–Crippen MR) is 84.2 cm³/mol. The number of thiophene rings is 1. The van der Waals surface area contributed by atoms with Crippen molar-refractivity contribution >= 4 is 27.3 Å². The van der Waals surface area contributed by atoms with Crippen molar-refractivity contribution in [2.75, 3.05) is 32.4 Å². The highest BCUT2D eigenvalue weighted by molar-refractivity contribution is 7.88. The average Bonchev–Trinajstić information content (AvgIpc) is 2.86. The molecule has 1 atom stereocenters. The van der Waals surface area contributed by atoms with Crippen LogP contribution in [0.5, 0.6) is 0 Å². The average molecular weight is 331 g/mol. The molecule has 0 aromatic carbocycles. The van der Waals surface area contributed by atoms with Crippen molar-refractivity contribution in [3.63, 3.8) is 0 Å². The largest absolute Gasteiger partial charge is 0.333 e. The summed E-state index contributed by atoms with van der Waals surface area (Å²) in [5.74, 6) is 0.0660. The van der Waals surface area contributed by atoms with Gasteiger partial charge in [-0.05, 0) is 25.5 Å². The summed E-state index contributed by atoms with van der Waals surface area (Å²) in [4.78, 5) is 16.1. The van der Waals surface area contributed by atoms with Crippen molar-refractivity contribution in [3.05, 3.63) is 21.9 Å². The van der Waals surface area contributed by atoms with Gasteiger partial charge < -0.3 is 10.2 Å². The fraction of sp³-hybridized carbons (Fsp3) is 0.615. The highest BCUT2D eigenvalue weighted by Gasteiger charge is 2.24. The molecule has 0 spiro atoms. The summed E-state index contributed by atoms with van der Waals surface area (Å²) in [6, 6.07) is 3.93.